The molecule has 0 fully saturated rings. The van der Waals surface area contributed by atoms with Crippen molar-refractivity contribution in [2.24, 2.45) is 0 Å². The lowest BCUT2D eigenvalue weighted by molar-refractivity contribution is -0.384. The van der Waals surface area contributed by atoms with Gasteiger partial charge < -0.3 is 14.2 Å². The van der Waals surface area contributed by atoms with Gasteiger partial charge in [0.2, 0.25) is 5.75 Å². The van der Waals surface area contributed by atoms with Crippen LogP contribution in [0.4, 0.5) is 5.69 Å². The van der Waals surface area contributed by atoms with Gasteiger partial charge in [-0.2, -0.15) is 0 Å². The smallest absolute Gasteiger partial charge is 0.269 e. The van der Waals surface area contributed by atoms with E-state index in [1.807, 2.05) is 32.1 Å². The van der Waals surface area contributed by atoms with Crippen LogP contribution in [-0.2, 0) is 6.42 Å². The molecular formula is C22H25NO5. The first-order chi connectivity index (χ1) is 13.4. The zero-order valence-electron chi connectivity index (χ0n) is 16.8. The SMILES string of the molecule is COc1c(C=Cc2ccc([N+](=O)[O-])cc2)cc(CC=C(C)C)c(OC)c1OC. The topological polar surface area (TPSA) is 70.8 Å². The summed E-state index contributed by atoms with van der Waals surface area (Å²) in [5.74, 6) is 1.75. The molecule has 2 aromatic rings. The highest BCUT2D eigenvalue weighted by Gasteiger charge is 2.19. The number of rotatable bonds is 8. The Morgan fingerprint density at radius 1 is 0.964 bits per heavy atom. The van der Waals surface area contributed by atoms with E-state index >= 15 is 0 Å². The lowest BCUT2D eigenvalue weighted by Crippen LogP contribution is -2.01. The van der Waals surface area contributed by atoms with Crippen LogP contribution in [0, 0.1) is 10.1 Å². The van der Waals surface area contributed by atoms with Crippen molar-refractivity contribution in [3.63, 3.8) is 0 Å². The predicted molar refractivity (Wildman–Crippen MR) is 111 cm³/mol. The Labute approximate surface area is 165 Å². The van der Waals surface area contributed by atoms with Crippen LogP contribution in [-0.4, -0.2) is 26.3 Å². The fourth-order valence-corrected chi connectivity index (χ4v) is 2.80. The van der Waals surface area contributed by atoms with Crippen molar-refractivity contribution in [3.8, 4) is 17.2 Å². The first-order valence-electron chi connectivity index (χ1n) is 8.79. The van der Waals surface area contributed by atoms with E-state index in [1.165, 1.54) is 17.7 Å². The van der Waals surface area contributed by atoms with Gasteiger partial charge in [-0.15, -0.1) is 0 Å². The molecule has 0 aliphatic heterocycles. The second kappa shape index (κ2) is 9.60. The van der Waals surface area contributed by atoms with Gasteiger partial charge in [-0.05, 0) is 44.0 Å². The van der Waals surface area contributed by atoms with Crippen LogP contribution in [0.3, 0.4) is 0 Å². The molecule has 0 aliphatic rings. The predicted octanol–water partition coefficient (Wildman–Crippen LogP) is 5.30. The van der Waals surface area contributed by atoms with Crippen molar-refractivity contribution in [1.29, 1.82) is 0 Å². The fraction of sp³-hybridized carbons (Fsp3) is 0.273. The Bertz CT molecular complexity index is 894. The number of methoxy groups -OCH3 is 3. The molecule has 6 heteroatoms. The van der Waals surface area contributed by atoms with E-state index in [-0.39, 0.29) is 5.69 Å². The van der Waals surface area contributed by atoms with Crippen LogP contribution in [0.15, 0.2) is 42.0 Å². The monoisotopic (exact) mass is 383 g/mol. The van der Waals surface area contributed by atoms with E-state index < -0.39 is 4.92 Å². The second-order valence-corrected chi connectivity index (χ2v) is 6.39. The number of nitro benzene ring substituents is 1. The summed E-state index contributed by atoms with van der Waals surface area (Å²) in [7, 11) is 4.76. The number of benzene rings is 2. The summed E-state index contributed by atoms with van der Waals surface area (Å²) >= 11 is 0. The third-order valence-corrected chi connectivity index (χ3v) is 4.20. The van der Waals surface area contributed by atoms with Gasteiger partial charge >= 0.3 is 0 Å². The molecule has 148 valence electrons. The zero-order chi connectivity index (χ0) is 20.7. The average molecular weight is 383 g/mol. The molecule has 28 heavy (non-hydrogen) atoms. The van der Waals surface area contributed by atoms with Crippen molar-refractivity contribution >= 4 is 17.8 Å². The molecule has 6 nitrogen and oxygen atoms in total. The number of hydrogen-bond acceptors (Lipinski definition) is 5. The maximum atomic E-state index is 10.8. The van der Waals surface area contributed by atoms with Gasteiger partial charge in [0.05, 0.1) is 26.3 Å². The molecule has 2 rings (SSSR count). The molecule has 0 saturated heterocycles. The first kappa shape index (κ1) is 21.0. The lowest BCUT2D eigenvalue weighted by atomic mass is 10.0. The number of ether oxygens (including phenoxy) is 3. The molecule has 0 bridgehead atoms. The zero-order valence-corrected chi connectivity index (χ0v) is 16.8. The van der Waals surface area contributed by atoms with Crippen molar-refractivity contribution < 1.29 is 19.1 Å². The summed E-state index contributed by atoms with van der Waals surface area (Å²) in [6.07, 6.45) is 6.59. The second-order valence-electron chi connectivity index (χ2n) is 6.39. The number of non-ortho nitro benzene ring substituents is 1. The molecular weight excluding hydrogens is 358 g/mol. The Hall–Kier alpha value is -3.28. The van der Waals surface area contributed by atoms with Gasteiger partial charge in [0.15, 0.2) is 11.5 Å². The van der Waals surface area contributed by atoms with E-state index in [0.717, 1.165) is 16.7 Å². The normalized spacial score (nSPS) is 10.6. The summed E-state index contributed by atoms with van der Waals surface area (Å²) in [5, 5.41) is 10.8. The lowest BCUT2D eigenvalue weighted by Gasteiger charge is -2.18. The Morgan fingerprint density at radius 2 is 1.57 bits per heavy atom. The molecule has 0 aliphatic carbocycles. The summed E-state index contributed by atoms with van der Waals surface area (Å²) in [6.45, 7) is 4.09. The molecule has 0 radical (unpaired) electrons. The highest BCUT2D eigenvalue weighted by Crippen LogP contribution is 2.43. The van der Waals surface area contributed by atoms with Gasteiger partial charge in [-0.1, -0.05) is 23.8 Å². The van der Waals surface area contributed by atoms with Gasteiger partial charge in [-0.3, -0.25) is 10.1 Å². The first-order valence-corrected chi connectivity index (χ1v) is 8.79. The Kier molecular flexibility index (Phi) is 7.21. The summed E-state index contributed by atoms with van der Waals surface area (Å²) in [5.41, 5.74) is 3.92. The van der Waals surface area contributed by atoms with E-state index in [1.54, 1.807) is 33.5 Å². The third kappa shape index (κ3) is 4.91. The van der Waals surface area contributed by atoms with Gasteiger partial charge in [0.25, 0.3) is 5.69 Å². The molecule has 0 spiro atoms. The largest absolute Gasteiger partial charge is 0.492 e. The molecule has 0 N–H and O–H groups in total. The van der Waals surface area contributed by atoms with Crippen molar-refractivity contribution in [1.82, 2.24) is 0 Å². The van der Waals surface area contributed by atoms with Crippen LogP contribution >= 0.6 is 0 Å². The molecule has 0 unspecified atom stereocenters. The summed E-state index contributed by atoms with van der Waals surface area (Å²) in [4.78, 5) is 10.4. The minimum Gasteiger partial charge on any atom is -0.492 e. The Balaban J connectivity index is 2.50. The van der Waals surface area contributed by atoms with E-state index in [2.05, 4.69) is 6.08 Å². The maximum Gasteiger partial charge on any atom is 0.269 e. The third-order valence-electron chi connectivity index (χ3n) is 4.20. The van der Waals surface area contributed by atoms with E-state index in [9.17, 15) is 10.1 Å². The molecule has 2 aromatic carbocycles. The van der Waals surface area contributed by atoms with Crippen LogP contribution in [0.2, 0.25) is 0 Å². The molecule has 0 atom stereocenters. The van der Waals surface area contributed by atoms with Crippen molar-refractivity contribution in [2.45, 2.75) is 20.3 Å². The minimum atomic E-state index is -0.416. The van der Waals surface area contributed by atoms with Crippen molar-refractivity contribution in [3.05, 3.63) is 68.8 Å². The van der Waals surface area contributed by atoms with Crippen molar-refractivity contribution in [2.75, 3.05) is 21.3 Å². The highest BCUT2D eigenvalue weighted by atomic mass is 16.6. The quantitative estimate of drug-likeness (QED) is 0.268. The molecule has 0 heterocycles. The van der Waals surface area contributed by atoms with Crippen LogP contribution in [0.1, 0.15) is 30.5 Å². The minimum absolute atomic E-state index is 0.0601. The molecule has 0 aromatic heterocycles. The Morgan fingerprint density at radius 3 is 2.07 bits per heavy atom. The molecule has 0 saturated carbocycles. The number of nitro groups is 1. The van der Waals surface area contributed by atoms with Crippen LogP contribution < -0.4 is 14.2 Å². The van der Waals surface area contributed by atoms with Gasteiger partial charge in [0, 0.05) is 23.3 Å². The average Bonchev–Trinajstić information content (AvgIpc) is 2.69. The number of hydrogen-bond donors (Lipinski definition) is 0. The standard InChI is InChI=1S/C22H25NO5/c1-15(2)6-10-17-14-18(21(27-4)22(28-5)20(17)26-3)11-7-16-8-12-19(13-9-16)23(24)25/h6-9,11-14H,10H2,1-5H3. The highest BCUT2D eigenvalue weighted by molar-refractivity contribution is 5.77. The van der Waals surface area contributed by atoms with E-state index in [4.69, 9.17) is 14.2 Å². The van der Waals surface area contributed by atoms with E-state index in [0.29, 0.717) is 23.7 Å². The molecule has 0 amide bonds. The number of nitrogens with zero attached hydrogens (tertiary/aromatic N) is 1. The van der Waals surface area contributed by atoms with Gasteiger partial charge in [-0.25, -0.2) is 0 Å². The number of allylic oxidation sites excluding steroid dienone is 2. The summed E-state index contributed by atoms with van der Waals surface area (Å²) in [6, 6.07) is 8.36. The van der Waals surface area contributed by atoms with Crippen LogP contribution in [0.25, 0.3) is 12.2 Å². The fourth-order valence-electron chi connectivity index (χ4n) is 2.80. The van der Waals surface area contributed by atoms with Crippen LogP contribution in [0.5, 0.6) is 17.2 Å². The van der Waals surface area contributed by atoms with Gasteiger partial charge in [0.1, 0.15) is 0 Å². The maximum absolute atomic E-state index is 10.8. The summed E-state index contributed by atoms with van der Waals surface area (Å²) < 4.78 is 16.7.